The zero-order valence-corrected chi connectivity index (χ0v) is 15.6. The smallest absolute Gasteiger partial charge is 0.321 e. The van der Waals surface area contributed by atoms with E-state index in [0.29, 0.717) is 10.6 Å². The van der Waals surface area contributed by atoms with E-state index >= 15 is 0 Å². The molecule has 3 rings (SSSR count). The van der Waals surface area contributed by atoms with Crippen molar-refractivity contribution in [3.63, 3.8) is 0 Å². The molecule has 0 spiro atoms. The van der Waals surface area contributed by atoms with Crippen LogP contribution in [0.4, 0.5) is 5.00 Å². The van der Waals surface area contributed by atoms with E-state index in [9.17, 15) is 24.3 Å². The summed E-state index contributed by atoms with van der Waals surface area (Å²) in [4.78, 5) is 50.2. The summed E-state index contributed by atoms with van der Waals surface area (Å²) >= 11 is 2.39. The molecule has 1 N–H and O–H groups in total. The number of carbonyl (C=O) groups excluding carboxylic acids is 3. The average Bonchev–Trinajstić information content (AvgIpc) is 3.10. The zero-order chi connectivity index (χ0) is 19.0. The molecule has 10 heteroatoms. The number of thioether (sulfide) groups is 1. The van der Waals surface area contributed by atoms with Gasteiger partial charge in [0.25, 0.3) is 5.91 Å². The monoisotopic (exact) mass is 396 g/mol. The lowest BCUT2D eigenvalue weighted by Gasteiger charge is -2.51. The lowest BCUT2D eigenvalue weighted by Crippen LogP contribution is -2.70. The number of carboxylic acids is 1. The lowest BCUT2D eigenvalue weighted by atomic mass is 10.0. The largest absolute Gasteiger partial charge is 0.480 e. The third kappa shape index (κ3) is 3.21. The first-order valence-electron chi connectivity index (χ1n) is 7.69. The van der Waals surface area contributed by atoms with Crippen LogP contribution in [0.15, 0.2) is 29.3 Å². The van der Waals surface area contributed by atoms with Gasteiger partial charge in [-0.1, -0.05) is 0 Å². The molecule has 3 heterocycles. The summed E-state index contributed by atoms with van der Waals surface area (Å²) in [7, 11) is 0. The van der Waals surface area contributed by atoms with Crippen molar-refractivity contribution in [2.75, 3.05) is 11.5 Å². The summed E-state index contributed by atoms with van der Waals surface area (Å²) in [5.74, 6) is -2.20. The fourth-order valence-electron chi connectivity index (χ4n) is 2.87. The highest BCUT2D eigenvalue weighted by Gasteiger charge is 2.55. The number of carbonyl (C=O) groups is 4. The van der Waals surface area contributed by atoms with Crippen molar-refractivity contribution >= 4 is 51.9 Å². The minimum absolute atomic E-state index is 0.193. The molecule has 1 saturated heterocycles. The molecule has 1 aromatic rings. The molecule has 3 atom stereocenters. The molecule has 0 aromatic carbocycles. The van der Waals surface area contributed by atoms with Crippen molar-refractivity contribution < 1.29 is 29.0 Å². The van der Waals surface area contributed by atoms with Crippen LogP contribution in [0.25, 0.3) is 0 Å². The standard InChI is InChI=1S/C16H16N2O6S2/c1-8(19)18(11-4-3-5-25-11)12-14(21)17-6-10(7-24-9(2)20)13(16(22)23)26-15(12)17/h3-6,12-13,15H,7H2,1-2H3,(H,22,23)/t12?,13?,15-/m1/s1. The first-order chi connectivity index (χ1) is 12.3. The third-order valence-corrected chi connectivity index (χ3v) is 6.40. The number of rotatable bonds is 5. The Hall–Kier alpha value is -2.33. The van der Waals surface area contributed by atoms with E-state index in [1.165, 1.54) is 41.2 Å². The van der Waals surface area contributed by atoms with Gasteiger partial charge in [0, 0.05) is 25.6 Å². The Morgan fingerprint density at radius 3 is 2.62 bits per heavy atom. The number of nitrogens with zero attached hydrogens (tertiary/aromatic N) is 2. The number of carboxylic acid groups (broad SMARTS) is 1. The second-order valence-corrected chi connectivity index (χ2v) is 7.91. The molecule has 2 aliphatic rings. The van der Waals surface area contributed by atoms with E-state index in [1.807, 2.05) is 0 Å². The van der Waals surface area contributed by atoms with Crippen LogP contribution in [0.2, 0.25) is 0 Å². The summed E-state index contributed by atoms with van der Waals surface area (Å²) in [6.45, 7) is 2.41. The molecule has 0 bridgehead atoms. The summed E-state index contributed by atoms with van der Waals surface area (Å²) in [5.41, 5.74) is 0.325. The second-order valence-electron chi connectivity index (χ2n) is 5.76. The van der Waals surface area contributed by atoms with E-state index in [4.69, 9.17) is 4.74 Å². The highest BCUT2D eigenvalue weighted by molar-refractivity contribution is 8.01. The van der Waals surface area contributed by atoms with Crippen LogP contribution in [0.3, 0.4) is 0 Å². The fourth-order valence-corrected chi connectivity index (χ4v) is 5.06. The molecule has 26 heavy (non-hydrogen) atoms. The van der Waals surface area contributed by atoms with Crippen molar-refractivity contribution in [1.29, 1.82) is 0 Å². The third-order valence-electron chi connectivity index (χ3n) is 4.00. The van der Waals surface area contributed by atoms with Crippen LogP contribution in [-0.2, 0) is 23.9 Å². The number of aliphatic carboxylic acids is 1. The van der Waals surface area contributed by atoms with Crippen LogP contribution in [0.1, 0.15) is 13.8 Å². The van der Waals surface area contributed by atoms with Crippen LogP contribution in [0.5, 0.6) is 0 Å². The molecular weight excluding hydrogens is 380 g/mol. The molecule has 0 saturated carbocycles. The van der Waals surface area contributed by atoms with Gasteiger partial charge in [-0.3, -0.25) is 24.1 Å². The van der Waals surface area contributed by atoms with Gasteiger partial charge < -0.3 is 14.7 Å². The SMILES string of the molecule is CC(=O)OCC1=CN2C(=O)C(N(C(C)=O)c3cccs3)[C@H]2SC1C(=O)O. The molecule has 0 radical (unpaired) electrons. The number of esters is 1. The highest BCUT2D eigenvalue weighted by Crippen LogP contribution is 2.44. The normalized spacial score (nSPS) is 24.2. The van der Waals surface area contributed by atoms with Crippen molar-refractivity contribution in [1.82, 2.24) is 4.90 Å². The van der Waals surface area contributed by atoms with E-state index in [1.54, 1.807) is 17.5 Å². The molecule has 1 aromatic heterocycles. The fraction of sp³-hybridized carbons (Fsp3) is 0.375. The molecule has 2 amide bonds. The molecular formula is C16H16N2O6S2. The molecule has 138 valence electrons. The molecule has 0 aliphatic carbocycles. The molecule has 2 aliphatic heterocycles. The van der Waals surface area contributed by atoms with Gasteiger partial charge in [0.1, 0.15) is 23.3 Å². The first kappa shape index (κ1) is 18.5. The average molecular weight is 396 g/mol. The van der Waals surface area contributed by atoms with Crippen LogP contribution >= 0.6 is 23.1 Å². The van der Waals surface area contributed by atoms with Gasteiger partial charge in [0.2, 0.25) is 5.91 Å². The number of anilines is 1. The second kappa shape index (κ2) is 7.12. The van der Waals surface area contributed by atoms with Crippen LogP contribution in [-0.4, -0.2) is 57.0 Å². The highest BCUT2D eigenvalue weighted by atomic mass is 32.2. The van der Waals surface area contributed by atoms with Crippen LogP contribution < -0.4 is 4.90 Å². The molecule has 1 fully saturated rings. The maximum Gasteiger partial charge on any atom is 0.321 e. The lowest BCUT2D eigenvalue weighted by molar-refractivity contribution is -0.143. The van der Waals surface area contributed by atoms with Crippen molar-refractivity contribution in [2.45, 2.75) is 30.5 Å². The summed E-state index contributed by atoms with van der Waals surface area (Å²) in [6, 6.07) is 2.76. The van der Waals surface area contributed by atoms with E-state index in [-0.39, 0.29) is 18.4 Å². The number of amides is 2. The van der Waals surface area contributed by atoms with Gasteiger partial charge in [-0.15, -0.1) is 23.1 Å². The predicted molar refractivity (Wildman–Crippen MR) is 95.6 cm³/mol. The van der Waals surface area contributed by atoms with Crippen LogP contribution in [0, 0.1) is 0 Å². The number of fused-ring (bicyclic) bond motifs is 1. The Morgan fingerprint density at radius 1 is 1.35 bits per heavy atom. The van der Waals surface area contributed by atoms with Gasteiger partial charge in [0.15, 0.2) is 0 Å². The van der Waals surface area contributed by atoms with E-state index in [0.717, 1.165) is 11.8 Å². The summed E-state index contributed by atoms with van der Waals surface area (Å²) in [6.07, 6.45) is 1.43. The zero-order valence-electron chi connectivity index (χ0n) is 13.9. The molecule has 8 nitrogen and oxygen atoms in total. The number of thiophene rings is 1. The van der Waals surface area contributed by atoms with Gasteiger partial charge in [-0.05, 0) is 17.5 Å². The maximum atomic E-state index is 12.6. The Balaban J connectivity index is 1.88. The van der Waals surface area contributed by atoms with Crippen molar-refractivity contribution in [3.05, 3.63) is 29.3 Å². The summed E-state index contributed by atoms with van der Waals surface area (Å²) in [5, 5.41) is 10.5. The summed E-state index contributed by atoms with van der Waals surface area (Å²) < 4.78 is 4.89. The topological polar surface area (TPSA) is 104 Å². The van der Waals surface area contributed by atoms with Gasteiger partial charge in [-0.2, -0.15) is 0 Å². The van der Waals surface area contributed by atoms with Gasteiger partial charge in [0.05, 0.1) is 5.00 Å². The van der Waals surface area contributed by atoms with E-state index in [2.05, 4.69) is 0 Å². The Morgan fingerprint density at radius 2 is 2.08 bits per heavy atom. The van der Waals surface area contributed by atoms with Gasteiger partial charge >= 0.3 is 11.9 Å². The molecule has 2 unspecified atom stereocenters. The first-order valence-corrected chi connectivity index (χ1v) is 9.51. The van der Waals surface area contributed by atoms with E-state index < -0.39 is 28.6 Å². The number of β-lactam (4-membered cyclic amide) rings is 1. The van der Waals surface area contributed by atoms with Crippen molar-refractivity contribution in [2.24, 2.45) is 0 Å². The number of hydrogen-bond acceptors (Lipinski definition) is 7. The number of hydrogen-bond donors (Lipinski definition) is 1. The Labute approximate surface area is 157 Å². The minimum atomic E-state index is -1.09. The predicted octanol–water partition coefficient (Wildman–Crippen LogP) is 1.28. The van der Waals surface area contributed by atoms with Crippen molar-refractivity contribution in [3.8, 4) is 0 Å². The minimum Gasteiger partial charge on any atom is -0.480 e. The Kier molecular flexibility index (Phi) is 5.05. The maximum absolute atomic E-state index is 12.6. The Bertz CT molecular complexity index is 791. The number of ether oxygens (including phenoxy) is 1. The quantitative estimate of drug-likeness (QED) is 0.591. The van der Waals surface area contributed by atoms with Gasteiger partial charge in [-0.25, -0.2) is 0 Å².